The molecule has 16 heavy (non-hydrogen) atoms. The maximum absolute atomic E-state index is 5.99. The number of rotatable bonds is 3. The van der Waals surface area contributed by atoms with Gasteiger partial charge in [-0.3, -0.25) is 0 Å². The fourth-order valence-electron chi connectivity index (χ4n) is 1.98. The molecular formula is C13H18ClNO. The molecule has 1 saturated heterocycles. The fraction of sp³-hybridized carbons (Fsp3) is 0.538. The molecule has 88 valence electrons. The predicted molar refractivity (Wildman–Crippen MR) is 66.9 cm³/mol. The van der Waals surface area contributed by atoms with Gasteiger partial charge in [0.05, 0.1) is 6.61 Å². The molecular weight excluding hydrogens is 222 g/mol. The predicted octanol–water partition coefficient (Wildman–Crippen LogP) is 2.92. The average Bonchev–Trinajstić information content (AvgIpc) is 2.32. The summed E-state index contributed by atoms with van der Waals surface area (Å²) in [4.78, 5) is 0. The number of hydrogen-bond acceptors (Lipinski definition) is 2. The van der Waals surface area contributed by atoms with Crippen LogP contribution in [0.3, 0.4) is 0 Å². The molecule has 0 aliphatic carbocycles. The normalized spacial score (nSPS) is 21.0. The molecule has 0 radical (unpaired) electrons. The van der Waals surface area contributed by atoms with Crippen molar-refractivity contribution in [2.75, 3.05) is 13.2 Å². The van der Waals surface area contributed by atoms with Crippen LogP contribution in [0.5, 0.6) is 0 Å². The third-order valence-corrected chi connectivity index (χ3v) is 3.40. The summed E-state index contributed by atoms with van der Waals surface area (Å²) in [5.41, 5.74) is 2.42. The molecule has 0 bridgehead atoms. The van der Waals surface area contributed by atoms with E-state index in [1.54, 1.807) is 0 Å². The quantitative estimate of drug-likeness (QED) is 0.876. The van der Waals surface area contributed by atoms with Crippen LogP contribution >= 0.6 is 11.6 Å². The Kier molecular flexibility index (Phi) is 4.22. The molecule has 1 fully saturated rings. The number of hydrogen-bond donors (Lipinski definition) is 1. The van der Waals surface area contributed by atoms with Crippen LogP contribution in [0.15, 0.2) is 18.2 Å². The standard InChI is InChI=1S/C13H18ClNO/c1-10-7-11(4-5-13(10)14)8-15-12-3-2-6-16-9-12/h4-5,7,12,15H,2-3,6,8-9H2,1H3. The summed E-state index contributed by atoms with van der Waals surface area (Å²) in [6, 6.07) is 6.68. The van der Waals surface area contributed by atoms with Crippen molar-refractivity contribution in [1.29, 1.82) is 0 Å². The van der Waals surface area contributed by atoms with E-state index in [-0.39, 0.29) is 0 Å². The van der Waals surface area contributed by atoms with E-state index in [0.29, 0.717) is 6.04 Å². The second kappa shape index (κ2) is 5.67. The van der Waals surface area contributed by atoms with Crippen LogP contribution in [-0.4, -0.2) is 19.3 Å². The summed E-state index contributed by atoms with van der Waals surface area (Å²) in [6.07, 6.45) is 2.38. The topological polar surface area (TPSA) is 21.3 Å². The lowest BCUT2D eigenvalue weighted by atomic mass is 10.1. The Morgan fingerprint density at radius 1 is 1.50 bits per heavy atom. The summed E-state index contributed by atoms with van der Waals surface area (Å²) in [6.45, 7) is 4.69. The molecule has 1 aromatic carbocycles. The van der Waals surface area contributed by atoms with E-state index in [0.717, 1.165) is 36.8 Å². The van der Waals surface area contributed by atoms with Gasteiger partial charge in [0, 0.05) is 24.2 Å². The third-order valence-electron chi connectivity index (χ3n) is 2.98. The van der Waals surface area contributed by atoms with Crippen LogP contribution in [0.1, 0.15) is 24.0 Å². The first kappa shape index (κ1) is 11.9. The van der Waals surface area contributed by atoms with Gasteiger partial charge in [0.1, 0.15) is 0 Å². The minimum absolute atomic E-state index is 0.504. The number of benzene rings is 1. The molecule has 1 heterocycles. The van der Waals surface area contributed by atoms with Crippen LogP contribution in [0.2, 0.25) is 5.02 Å². The van der Waals surface area contributed by atoms with Gasteiger partial charge in [0.2, 0.25) is 0 Å². The highest BCUT2D eigenvalue weighted by Crippen LogP contribution is 2.16. The van der Waals surface area contributed by atoms with Crippen LogP contribution in [0.25, 0.3) is 0 Å². The van der Waals surface area contributed by atoms with Gasteiger partial charge in [0.25, 0.3) is 0 Å². The van der Waals surface area contributed by atoms with Crippen molar-refractivity contribution < 1.29 is 4.74 Å². The van der Waals surface area contributed by atoms with Gasteiger partial charge in [0.15, 0.2) is 0 Å². The first-order valence-corrected chi connectivity index (χ1v) is 6.19. The highest BCUT2D eigenvalue weighted by molar-refractivity contribution is 6.31. The van der Waals surface area contributed by atoms with Gasteiger partial charge in [-0.2, -0.15) is 0 Å². The molecule has 0 aromatic heterocycles. The number of nitrogens with one attached hydrogen (secondary N) is 1. The monoisotopic (exact) mass is 239 g/mol. The Morgan fingerprint density at radius 2 is 2.38 bits per heavy atom. The third kappa shape index (κ3) is 3.21. The number of ether oxygens (including phenoxy) is 1. The van der Waals surface area contributed by atoms with Crippen LogP contribution in [0.4, 0.5) is 0 Å². The Bertz CT molecular complexity index is 348. The zero-order valence-electron chi connectivity index (χ0n) is 9.63. The van der Waals surface area contributed by atoms with E-state index in [4.69, 9.17) is 16.3 Å². The molecule has 1 aromatic rings. The highest BCUT2D eigenvalue weighted by atomic mass is 35.5. The van der Waals surface area contributed by atoms with E-state index in [1.807, 2.05) is 13.0 Å². The molecule has 1 N–H and O–H groups in total. The smallest absolute Gasteiger partial charge is 0.0619 e. The van der Waals surface area contributed by atoms with E-state index in [2.05, 4.69) is 17.4 Å². The van der Waals surface area contributed by atoms with Crippen LogP contribution in [0, 0.1) is 6.92 Å². The van der Waals surface area contributed by atoms with E-state index < -0.39 is 0 Å². The molecule has 1 atom stereocenters. The lowest BCUT2D eigenvalue weighted by Crippen LogP contribution is -2.36. The summed E-state index contributed by atoms with van der Waals surface area (Å²) >= 11 is 5.99. The lowest BCUT2D eigenvalue weighted by Gasteiger charge is -2.23. The Balaban J connectivity index is 1.86. The van der Waals surface area contributed by atoms with Crippen LogP contribution in [-0.2, 0) is 11.3 Å². The van der Waals surface area contributed by atoms with Gasteiger partial charge in [-0.05, 0) is 37.0 Å². The Hall–Kier alpha value is -0.570. The second-order valence-corrected chi connectivity index (χ2v) is 4.79. The second-order valence-electron chi connectivity index (χ2n) is 4.38. The van der Waals surface area contributed by atoms with Crippen molar-refractivity contribution in [1.82, 2.24) is 5.32 Å². The summed E-state index contributed by atoms with van der Waals surface area (Å²) < 4.78 is 5.43. The molecule has 2 nitrogen and oxygen atoms in total. The van der Waals surface area contributed by atoms with Crippen LogP contribution < -0.4 is 5.32 Å². The van der Waals surface area contributed by atoms with Gasteiger partial charge >= 0.3 is 0 Å². The number of aryl methyl sites for hydroxylation is 1. The zero-order chi connectivity index (χ0) is 11.4. The molecule has 1 aliphatic rings. The minimum Gasteiger partial charge on any atom is -0.380 e. The Labute approximate surface area is 102 Å². The Morgan fingerprint density at radius 3 is 3.06 bits per heavy atom. The number of halogens is 1. The first-order chi connectivity index (χ1) is 7.75. The summed E-state index contributed by atoms with van der Waals surface area (Å²) in [5.74, 6) is 0. The highest BCUT2D eigenvalue weighted by Gasteiger charge is 2.12. The molecule has 0 amide bonds. The molecule has 1 aliphatic heterocycles. The van der Waals surface area contributed by atoms with Crippen molar-refractivity contribution in [3.8, 4) is 0 Å². The van der Waals surface area contributed by atoms with Crippen molar-refractivity contribution in [2.24, 2.45) is 0 Å². The largest absolute Gasteiger partial charge is 0.380 e. The molecule has 0 saturated carbocycles. The van der Waals surface area contributed by atoms with Gasteiger partial charge < -0.3 is 10.1 Å². The molecule has 2 rings (SSSR count). The SMILES string of the molecule is Cc1cc(CNC2CCCOC2)ccc1Cl. The van der Waals surface area contributed by atoms with E-state index >= 15 is 0 Å². The van der Waals surface area contributed by atoms with Crippen molar-refractivity contribution in [3.63, 3.8) is 0 Å². The van der Waals surface area contributed by atoms with Crippen molar-refractivity contribution in [2.45, 2.75) is 32.4 Å². The van der Waals surface area contributed by atoms with Gasteiger partial charge in [-0.25, -0.2) is 0 Å². The molecule has 0 spiro atoms. The fourth-order valence-corrected chi connectivity index (χ4v) is 2.10. The summed E-state index contributed by atoms with van der Waals surface area (Å²) in [7, 11) is 0. The van der Waals surface area contributed by atoms with Crippen molar-refractivity contribution in [3.05, 3.63) is 34.3 Å². The van der Waals surface area contributed by atoms with E-state index in [9.17, 15) is 0 Å². The molecule has 3 heteroatoms. The van der Waals surface area contributed by atoms with E-state index in [1.165, 1.54) is 12.0 Å². The minimum atomic E-state index is 0.504. The maximum atomic E-state index is 5.99. The van der Waals surface area contributed by atoms with Gasteiger partial charge in [-0.15, -0.1) is 0 Å². The maximum Gasteiger partial charge on any atom is 0.0619 e. The van der Waals surface area contributed by atoms with Crippen molar-refractivity contribution >= 4 is 11.6 Å². The summed E-state index contributed by atoms with van der Waals surface area (Å²) in [5, 5.41) is 4.35. The lowest BCUT2D eigenvalue weighted by molar-refractivity contribution is 0.0699. The average molecular weight is 240 g/mol. The first-order valence-electron chi connectivity index (χ1n) is 5.82. The zero-order valence-corrected chi connectivity index (χ0v) is 10.4. The molecule has 1 unspecified atom stereocenters. The van der Waals surface area contributed by atoms with Gasteiger partial charge in [-0.1, -0.05) is 23.7 Å².